The summed E-state index contributed by atoms with van der Waals surface area (Å²) < 4.78 is 1.89. The van der Waals surface area contributed by atoms with Crippen LogP contribution in [0.4, 0.5) is 5.69 Å². The van der Waals surface area contributed by atoms with E-state index in [1.807, 2.05) is 6.20 Å². The maximum absolute atomic E-state index is 9.55. The summed E-state index contributed by atoms with van der Waals surface area (Å²) in [5.74, 6) is -1.61. The molecule has 0 unspecified atom stereocenters. The third kappa shape index (κ3) is 5.29. The summed E-state index contributed by atoms with van der Waals surface area (Å²) in [6.07, 6.45) is 4.35. The molecular weight excluding hydrogens is 446 g/mol. The van der Waals surface area contributed by atoms with Crippen molar-refractivity contribution < 1.29 is 19.8 Å². The maximum Gasteiger partial charge on any atom is 0.328 e. The molecule has 2 aliphatic rings. The van der Waals surface area contributed by atoms with Crippen LogP contribution in [0.2, 0.25) is 0 Å². The molecule has 7 nitrogen and oxygen atoms in total. The monoisotopic (exact) mass is 461 g/mol. The average molecular weight is 463 g/mol. The Kier molecular flexibility index (Phi) is 6.76. The lowest BCUT2D eigenvalue weighted by Gasteiger charge is -2.47. The second-order valence-electron chi connectivity index (χ2n) is 5.49. The van der Waals surface area contributed by atoms with Gasteiger partial charge in [0.15, 0.2) is 0 Å². The third-order valence-corrected chi connectivity index (χ3v) is 5.68. The van der Waals surface area contributed by atoms with Crippen molar-refractivity contribution in [2.75, 3.05) is 24.5 Å². The van der Waals surface area contributed by atoms with Crippen molar-refractivity contribution in [3.05, 3.63) is 33.5 Å². The number of anilines is 1. The fourth-order valence-corrected chi connectivity index (χ4v) is 3.13. The van der Waals surface area contributed by atoms with Crippen LogP contribution >= 0.6 is 31.9 Å². The molecule has 2 saturated heterocycles. The fourth-order valence-electron chi connectivity index (χ4n) is 2.58. The number of pyridine rings is 1. The molecule has 24 heavy (non-hydrogen) atoms. The van der Waals surface area contributed by atoms with Gasteiger partial charge in [0.1, 0.15) is 4.60 Å². The Morgan fingerprint density at radius 1 is 1.29 bits per heavy atom. The number of aromatic nitrogens is 1. The van der Waals surface area contributed by atoms with Gasteiger partial charge in [-0.1, -0.05) is 0 Å². The van der Waals surface area contributed by atoms with Gasteiger partial charge in [0.05, 0.1) is 16.4 Å². The molecule has 3 heterocycles. The number of nitrogens with zero attached hydrogens (tertiary/aromatic N) is 2. The summed E-state index contributed by atoms with van der Waals surface area (Å²) in [4.78, 5) is 25.8. The molecule has 0 aliphatic carbocycles. The smallest absolute Gasteiger partial charge is 0.328 e. The van der Waals surface area contributed by atoms with Gasteiger partial charge >= 0.3 is 11.9 Å². The number of halogens is 2. The summed E-state index contributed by atoms with van der Waals surface area (Å²) in [5, 5.41) is 19.1. The Balaban J connectivity index is 0.000000224. The molecule has 3 N–H and O–H groups in total. The molecule has 0 amide bonds. The van der Waals surface area contributed by atoms with E-state index < -0.39 is 11.9 Å². The Bertz CT molecular complexity index is 638. The van der Waals surface area contributed by atoms with E-state index in [1.165, 1.54) is 18.7 Å². The molecule has 2 aliphatic heterocycles. The van der Waals surface area contributed by atoms with E-state index in [1.54, 1.807) is 0 Å². The molecule has 1 aromatic rings. The number of carbonyl (C=O) groups is 2. The minimum Gasteiger partial charge on any atom is -0.478 e. The van der Waals surface area contributed by atoms with Gasteiger partial charge in [-0.2, -0.15) is 0 Å². The van der Waals surface area contributed by atoms with Gasteiger partial charge in [0, 0.05) is 31.3 Å². The molecule has 0 aromatic carbocycles. The highest BCUT2D eigenvalue weighted by atomic mass is 79.9. The Labute approximate surface area is 156 Å². The predicted molar refractivity (Wildman–Crippen MR) is 96.2 cm³/mol. The highest BCUT2D eigenvalue weighted by molar-refractivity contribution is 9.13. The van der Waals surface area contributed by atoms with E-state index in [4.69, 9.17) is 10.2 Å². The number of carboxylic acid groups (broad SMARTS) is 2. The van der Waals surface area contributed by atoms with Gasteiger partial charge in [-0.3, -0.25) is 0 Å². The Morgan fingerprint density at radius 3 is 2.42 bits per heavy atom. The second-order valence-corrected chi connectivity index (χ2v) is 7.09. The third-order valence-electron chi connectivity index (χ3n) is 3.91. The largest absolute Gasteiger partial charge is 0.478 e. The molecule has 9 heteroatoms. The lowest BCUT2D eigenvalue weighted by Crippen LogP contribution is -2.62. The number of rotatable bonds is 3. The first-order valence-corrected chi connectivity index (χ1v) is 8.88. The van der Waals surface area contributed by atoms with Crippen molar-refractivity contribution in [3.8, 4) is 0 Å². The highest BCUT2D eigenvalue weighted by Crippen LogP contribution is 2.30. The summed E-state index contributed by atoms with van der Waals surface area (Å²) in [6, 6.07) is 2.83. The molecule has 2 fully saturated rings. The van der Waals surface area contributed by atoms with E-state index in [-0.39, 0.29) is 0 Å². The fraction of sp³-hybridized carbons (Fsp3) is 0.400. The summed E-state index contributed by atoms with van der Waals surface area (Å²) in [5.41, 5.74) is 1.21. The van der Waals surface area contributed by atoms with Crippen LogP contribution in [0.3, 0.4) is 0 Å². The molecule has 0 bridgehead atoms. The second kappa shape index (κ2) is 8.59. The van der Waals surface area contributed by atoms with Crippen molar-refractivity contribution in [2.45, 2.75) is 12.5 Å². The molecule has 130 valence electrons. The van der Waals surface area contributed by atoms with E-state index in [0.717, 1.165) is 28.1 Å². The first kappa shape index (κ1) is 18.9. The SMILES string of the molecule is Brc1cc(N2CC[C@@H]3CN[C@@H]3C2)cnc1Br.O=C(O)/C=C/C(=O)O. The summed E-state index contributed by atoms with van der Waals surface area (Å²) >= 11 is 6.90. The van der Waals surface area contributed by atoms with E-state index in [9.17, 15) is 9.59 Å². The quantitative estimate of drug-likeness (QED) is 0.467. The number of carboxylic acids is 2. The van der Waals surface area contributed by atoms with Crippen molar-refractivity contribution in [3.63, 3.8) is 0 Å². The molecule has 3 rings (SSSR count). The predicted octanol–water partition coefficient (Wildman–Crippen LogP) is 2.12. The first-order valence-electron chi connectivity index (χ1n) is 7.30. The van der Waals surface area contributed by atoms with Crippen molar-refractivity contribution in [2.24, 2.45) is 5.92 Å². The average Bonchev–Trinajstić information content (AvgIpc) is 2.50. The van der Waals surface area contributed by atoms with Crippen LogP contribution in [0.15, 0.2) is 33.5 Å². The van der Waals surface area contributed by atoms with Gasteiger partial charge in [-0.15, -0.1) is 0 Å². The van der Waals surface area contributed by atoms with E-state index >= 15 is 0 Å². The molecular formula is C15H17Br2N3O4. The molecule has 1 aromatic heterocycles. The zero-order valence-corrected chi connectivity index (χ0v) is 15.8. The number of hydrogen-bond acceptors (Lipinski definition) is 5. The molecule has 0 radical (unpaired) electrons. The molecule has 2 atom stereocenters. The van der Waals surface area contributed by atoms with Gasteiger partial charge < -0.3 is 20.4 Å². The van der Waals surface area contributed by atoms with Crippen LogP contribution in [0, 0.1) is 5.92 Å². The summed E-state index contributed by atoms with van der Waals surface area (Å²) in [7, 11) is 0. The van der Waals surface area contributed by atoms with Gasteiger partial charge in [-0.05, 0) is 56.8 Å². The minimum atomic E-state index is -1.26. The lowest BCUT2D eigenvalue weighted by atomic mass is 9.85. The normalized spacial score (nSPS) is 22.2. The van der Waals surface area contributed by atoms with Crippen LogP contribution < -0.4 is 10.2 Å². The van der Waals surface area contributed by atoms with Crippen molar-refractivity contribution in [1.82, 2.24) is 10.3 Å². The van der Waals surface area contributed by atoms with E-state index in [2.05, 4.69) is 53.1 Å². The number of aliphatic carboxylic acids is 2. The number of piperidine rings is 1. The standard InChI is InChI=1S/C11H13Br2N3.C4H4O4/c12-9-3-8(5-15-11(9)13)16-2-1-7-4-14-10(7)6-16;5-3(6)1-2-4(7)8/h3,5,7,10,14H,1-2,4,6H2;1-2H,(H,5,6)(H,7,8)/b;2-1+/t7-,10-;/m1./s1. The van der Waals surface area contributed by atoms with Gasteiger partial charge in [0.25, 0.3) is 0 Å². The minimum absolute atomic E-state index is 0.558. The van der Waals surface area contributed by atoms with Crippen molar-refractivity contribution >= 4 is 49.5 Å². The zero-order chi connectivity index (χ0) is 17.7. The van der Waals surface area contributed by atoms with E-state index in [0.29, 0.717) is 18.2 Å². The summed E-state index contributed by atoms with van der Waals surface area (Å²) in [6.45, 7) is 3.47. The highest BCUT2D eigenvalue weighted by Gasteiger charge is 2.35. The number of hydrogen-bond donors (Lipinski definition) is 3. The van der Waals surface area contributed by atoms with Gasteiger partial charge in [0.2, 0.25) is 0 Å². The topological polar surface area (TPSA) is 103 Å². The first-order chi connectivity index (χ1) is 11.4. The van der Waals surface area contributed by atoms with Crippen LogP contribution in [0.25, 0.3) is 0 Å². The number of nitrogens with one attached hydrogen (secondary N) is 1. The lowest BCUT2D eigenvalue weighted by molar-refractivity contribution is -0.134. The van der Waals surface area contributed by atoms with Crippen LogP contribution in [-0.2, 0) is 9.59 Å². The zero-order valence-electron chi connectivity index (χ0n) is 12.7. The van der Waals surface area contributed by atoms with Gasteiger partial charge in [-0.25, -0.2) is 14.6 Å². The Morgan fingerprint density at radius 2 is 1.96 bits per heavy atom. The van der Waals surface area contributed by atoms with Crippen molar-refractivity contribution in [1.29, 1.82) is 0 Å². The van der Waals surface area contributed by atoms with Crippen LogP contribution in [0.5, 0.6) is 0 Å². The van der Waals surface area contributed by atoms with Crippen LogP contribution in [-0.4, -0.2) is 52.8 Å². The van der Waals surface area contributed by atoms with Crippen LogP contribution in [0.1, 0.15) is 6.42 Å². The Hall–Kier alpha value is -1.45. The number of fused-ring (bicyclic) bond motifs is 1. The molecule has 0 spiro atoms. The molecule has 0 saturated carbocycles. The maximum atomic E-state index is 9.55.